The van der Waals surface area contributed by atoms with Crippen LogP contribution in [0.4, 0.5) is 16.3 Å². The number of ether oxygens (including phenoxy) is 2. The molecule has 0 aliphatic carbocycles. The fraction of sp³-hybridized carbons (Fsp3) is 0.381. The Morgan fingerprint density at radius 2 is 1.93 bits per heavy atom. The first kappa shape index (κ1) is 21.2. The molecule has 0 spiro atoms. The maximum absolute atomic E-state index is 12.3. The molecule has 4 N–H and O–H groups in total. The molecule has 0 atom stereocenters. The first-order valence-electron chi connectivity index (χ1n) is 9.72. The number of methoxy groups -OCH3 is 2. The minimum atomic E-state index is -0.300. The zero-order chi connectivity index (χ0) is 21.8. The Balaban J connectivity index is 1.61. The second-order valence-corrected chi connectivity index (χ2v) is 7.02. The van der Waals surface area contributed by atoms with E-state index in [0.717, 1.165) is 34.5 Å². The van der Waals surface area contributed by atoms with Crippen LogP contribution >= 0.6 is 0 Å². The Morgan fingerprint density at radius 1 is 1.17 bits per heavy atom. The molecule has 0 bridgehead atoms. The largest absolute Gasteiger partial charge is 0.497 e. The molecule has 0 fully saturated rings. The summed E-state index contributed by atoms with van der Waals surface area (Å²) in [4.78, 5) is 21.2. The van der Waals surface area contributed by atoms with E-state index in [1.807, 2.05) is 20.8 Å². The lowest BCUT2D eigenvalue weighted by Crippen LogP contribution is -2.30. The molecule has 2 aromatic heterocycles. The Labute approximate surface area is 175 Å². The SMILES string of the molecule is COc1ccc(NC(=O)NCCCn2c(C)nc3c(N)nc(C)c(C)c32)c(OC)c1. The van der Waals surface area contributed by atoms with E-state index in [4.69, 9.17) is 15.2 Å². The number of aryl methyl sites for hydroxylation is 4. The second kappa shape index (κ2) is 8.89. The molecule has 3 rings (SSSR count). The molecule has 2 heterocycles. The third-order valence-electron chi connectivity index (χ3n) is 5.09. The van der Waals surface area contributed by atoms with Crippen molar-refractivity contribution in [3.8, 4) is 11.5 Å². The lowest BCUT2D eigenvalue weighted by molar-refractivity contribution is 0.251. The summed E-state index contributed by atoms with van der Waals surface area (Å²) in [5, 5.41) is 5.67. The van der Waals surface area contributed by atoms with Gasteiger partial charge in [-0.3, -0.25) is 0 Å². The van der Waals surface area contributed by atoms with Gasteiger partial charge in [0.2, 0.25) is 0 Å². The Bertz CT molecular complexity index is 1080. The van der Waals surface area contributed by atoms with Gasteiger partial charge < -0.3 is 30.4 Å². The van der Waals surface area contributed by atoms with Crippen LogP contribution in [0.3, 0.4) is 0 Å². The number of aromatic nitrogens is 3. The number of nitrogens with one attached hydrogen (secondary N) is 2. The fourth-order valence-electron chi connectivity index (χ4n) is 3.39. The summed E-state index contributed by atoms with van der Waals surface area (Å²) in [7, 11) is 3.12. The number of rotatable bonds is 7. The van der Waals surface area contributed by atoms with Crippen LogP contribution in [0.25, 0.3) is 11.0 Å². The van der Waals surface area contributed by atoms with Crippen molar-refractivity contribution < 1.29 is 14.3 Å². The van der Waals surface area contributed by atoms with Crippen LogP contribution in [0.2, 0.25) is 0 Å². The van der Waals surface area contributed by atoms with Crippen LogP contribution in [-0.4, -0.2) is 41.3 Å². The van der Waals surface area contributed by atoms with E-state index in [-0.39, 0.29) is 6.03 Å². The van der Waals surface area contributed by atoms with Crippen LogP contribution in [0.15, 0.2) is 18.2 Å². The first-order valence-corrected chi connectivity index (χ1v) is 9.72. The van der Waals surface area contributed by atoms with Crippen molar-refractivity contribution in [2.75, 3.05) is 31.8 Å². The molecule has 9 nitrogen and oxygen atoms in total. The molecule has 9 heteroatoms. The van der Waals surface area contributed by atoms with Gasteiger partial charge >= 0.3 is 6.03 Å². The molecule has 2 amide bonds. The molecule has 0 aliphatic rings. The smallest absolute Gasteiger partial charge is 0.319 e. The van der Waals surface area contributed by atoms with Crippen molar-refractivity contribution in [2.24, 2.45) is 0 Å². The first-order chi connectivity index (χ1) is 14.3. The molecule has 0 radical (unpaired) electrons. The minimum absolute atomic E-state index is 0.300. The number of fused-ring (bicyclic) bond motifs is 1. The molecular weight excluding hydrogens is 384 g/mol. The Morgan fingerprint density at radius 3 is 2.63 bits per heavy atom. The maximum atomic E-state index is 12.3. The number of nitrogens with zero attached hydrogens (tertiary/aromatic N) is 3. The summed E-state index contributed by atoms with van der Waals surface area (Å²) in [5.74, 6) is 2.50. The third kappa shape index (κ3) is 4.24. The predicted molar refractivity (Wildman–Crippen MR) is 117 cm³/mol. The highest BCUT2D eigenvalue weighted by Crippen LogP contribution is 2.29. The highest BCUT2D eigenvalue weighted by Gasteiger charge is 2.15. The van der Waals surface area contributed by atoms with Crippen LogP contribution in [0, 0.1) is 20.8 Å². The van der Waals surface area contributed by atoms with Gasteiger partial charge in [-0.2, -0.15) is 0 Å². The summed E-state index contributed by atoms with van der Waals surface area (Å²) < 4.78 is 12.6. The van der Waals surface area contributed by atoms with E-state index < -0.39 is 0 Å². The second-order valence-electron chi connectivity index (χ2n) is 7.02. The van der Waals surface area contributed by atoms with E-state index in [2.05, 4.69) is 25.2 Å². The number of benzene rings is 1. The zero-order valence-electron chi connectivity index (χ0n) is 18.0. The number of hydrogen-bond acceptors (Lipinski definition) is 6. The predicted octanol–water partition coefficient (Wildman–Crippen LogP) is 3.17. The summed E-state index contributed by atoms with van der Waals surface area (Å²) in [5.41, 5.74) is 10.3. The van der Waals surface area contributed by atoms with Crippen LogP contribution in [0.1, 0.15) is 23.5 Å². The van der Waals surface area contributed by atoms with Gasteiger partial charge in [-0.25, -0.2) is 14.8 Å². The lowest BCUT2D eigenvalue weighted by Gasteiger charge is -2.13. The van der Waals surface area contributed by atoms with E-state index >= 15 is 0 Å². The van der Waals surface area contributed by atoms with Crippen LogP contribution in [-0.2, 0) is 6.54 Å². The highest BCUT2D eigenvalue weighted by atomic mass is 16.5. The van der Waals surface area contributed by atoms with Gasteiger partial charge in [0, 0.05) is 24.8 Å². The molecule has 0 saturated heterocycles. The van der Waals surface area contributed by atoms with Gasteiger partial charge in [-0.1, -0.05) is 0 Å². The van der Waals surface area contributed by atoms with Crippen molar-refractivity contribution in [3.05, 3.63) is 35.3 Å². The number of carbonyl (C=O) groups is 1. The number of hydrogen-bond donors (Lipinski definition) is 3. The van der Waals surface area contributed by atoms with Gasteiger partial charge in [0.1, 0.15) is 22.8 Å². The molecule has 30 heavy (non-hydrogen) atoms. The molecule has 3 aromatic rings. The molecule has 0 unspecified atom stereocenters. The van der Waals surface area contributed by atoms with Crippen LogP contribution in [0.5, 0.6) is 11.5 Å². The number of nitrogen functional groups attached to an aromatic ring is 1. The molecule has 0 aliphatic heterocycles. The van der Waals surface area contributed by atoms with Gasteiger partial charge in [-0.05, 0) is 44.9 Å². The van der Waals surface area contributed by atoms with Crippen molar-refractivity contribution in [1.29, 1.82) is 0 Å². The average Bonchev–Trinajstić information content (AvgIpc) is 3.06. The van der Waals surface area contributed by atoms with Crippen molar-refractivity contribution in [3.63, 3.8) is 0 Å². The van der Waals surface area contributed by atoms with E-state index in [0.29, 0.717) is 36.1 Å². The summed E-state index contributed by atoms with van der Waals surface area (Å²) in [6.07, 6.45) is 0.736. The molecule has 0 saturated carbocycles. The van der Waals surface area contributed by atoms with Crippen molar-refractivity contribution in [2.45, 2.75) is 33.7 Å². The lowest BCUT2D eigenvalue weighted by atomic mass is 10.2. The van der Waals surface area contributed by atoms with Gasteiger partial charge in [0.15, 0.2) is 5.82 Å². The molecule has 1 aromatic carbocycles. The summed E-state index contributed by atoms with van der Waals surface area (Å²) in [6, 6.07) is 4.91. The molecule has 160 valence electrons. The number of pyridine rings is 1. The number of imidazole rings is 1. The monoisotopic (exact) mass is 412 g/mol. The van der Waals surface area contributed by atoms with Crippen molar-refractivity contribution in [1.82, 2.24) is 19.9 Å². The standard InChI is InChI=1S/C21H28N6O3/c1-12-13(2)24-20(22)18-19(12)27(14(3)25-18)10-6-9-23-21(28)26-16-8-7-15(29-4)11-17(16)30-5/h7-8,11H,6,9-10H2,1-5H3,(H2,22,24)(H2,23,26,28). The van der Waals surface area contributed by atoms with Crippen molar-refractivity contribution >= 4 is 28.6 Å². The number of carbonyl (C=O) groups excluding carboxylic acids is 1. The van der Waals surface area contributed by atoms with Gasteiger partial charge in [0.05, 0.1) is 25.4 Å². The number of nitrogens with two attached hydrogens (primary N) is 1. The normalized spacial score (nSPS) is 10.8. The third-order valence-corrected chi connectivity index (χ3v) is 5.09. The summed E-state index contributed by atoms with van der Waals surface area (Å²) in [6.45, 7) is 7.12. The van der Waals surface area contributed by atoms with Gasteiger partial charge in [0.25, 0.3) is 0 Å². The van der Waals surface area contributed by atoms with Crippen LogP contribution < -0.4 is 25.8 Å². The number of urea groups is 1. The zero-order valence-corrected chi connectivity index (χ0v) is 18.0. The van der Waals surface area contributed by atoms with E-state index in [9.17, 15) is 4.79 Å². The summed E-state index contributed by atoms with van der Waals surface area (Å²) >= 11 is 0. The highest BCUT2D eigenvalue weighted by molar-refractivity contribution is 5.91. The fourth-order valence-corrected chi connectivity index (χ4v) is 3.39. The van der Waals surface area contributed by atoms with E-state index in [1.54, 1.807) is 32.4 Å². The average molecular weight is 412 g/mol. The quantitative estimate of drug-likeness (QED) is 0.513. The van der Waals surface area contributed by atoms with Gasteiger partial charge in [-0.15, -0.1) is 0 Å². The Kier molecular flexibility index (Phi) is 6.29. The van der Waals surface area contributed by atoms with E-state index in [1.165, 1.54) is 0 Å². The topological polar surface area (TPSA) is 116 Å². The maximum Gasteiger partial charge on any atom is 0.319 e. The minimum Gasteiger partial charge on any atom is -0.497 e. The molecular formula is C21H28N6O3. The number of amides is 2. The Hall–Kier alpha value is -3.49. The number of anilines is 2.